The standard InChI is InChI=1S/C30H35ClN6O4S/c1-37(2)23-11-9-22(10-12-23)33-30-32-17-20-15-19(16-21(18-40-3)28(20)35-30)24-13-14-27(34-29(24)41-4)36-42(38,39)26-8-6-5-7-25(26)31/h5-8,13-17,22-23H,9-12,18H2,1-4H3,(H,34,36)(H,32,33,35)/t22-,23-. The largest absolute Gasteiger partial charge is 0.480 e. The number of nitrogens with one attached hydrogen (secondary N) is 2. The summed E-state index contributed by atoms with van der Waals surface area (Å²) in [6.07, 6.45) is 6.25. The lowest BCUT2D eigenvalue weighted by Crippen LogP contribution is -2.36. The number of rotatable bonds is 10. The molecule has 2 N–H and O–H groups in total. The summed E-state index contributed by atoms with van der Waals surface area (Å²) in [6, 6.07) is 14.5. The monoisotopic (exact) mass is 610 g/mol. The zero-order chi connectivity index (χ0) is 29.9. The molecule has 5 rings (SSSR count). The van der Waals surface area contributed by atoms with Crippen LogP contribution in [0.2, 0.25) is 5.02 Å². The molecule has 12 heteroatoms. The number of ether oxygens (including phenoxy) is 2. The number of nitrogens with zero attached hydrogens (tertiary/aromatic N) is 4. The molecule has 1 saturated carbocycles. The average molecular weight is 611 g/mol. The minimum atomic E-state index is -3.95. The van der Waals surface area contributed by atoms with Gasteiger partial charge < -0.3 is 19.7 Å². The fourth-order valence-electron chi connectivity index (χ4n) is 5.36. The molecule has 4 aromatic rings. The highest BCUT2D eigenvalue weighted by atomic mass is 35.5. The fraction of sp³-hybridized carbons (Fsp3) is 0.367. The summed E-state index contributed by atoms with van der Waals surface area (Å²) in [5, 5.41) is 4.49. The maximum Gasteiger partial charge on any atom is 0.264 e. The molecule has 0 radical (unpaired) electrons. The molecular formula is C30H35ClN6O4S. The second kappa shape index (κ2) is 12.8. The van der Waals surface area contributed by atoms with E-state index in [9.17, 15) is 8.42 Å². The third-order valence-electron chi connectivity index (χ3n) is 7.55. The number of hydrogen-bond donors (Lipinski definition) is 2. The van der Waals surface area contributed by atoms with Crippen LogP contribution in [-0.4, -0.2) is 68.7 Å². The van der Waals surface area contributed by atoms with Crippen molar-refractivity contribution in [1.29, 1.82) is 0 Å². The first-order valence-electron chi connectivity index (χ1n) is 13.7. The van der Waals surface area contributed by atoms with Crippen molar-refractivity contribution in [3.05, 3.63) is 65.3 Å². The Morgan fingerprint density at radius 1 is 1.02 bits per heavy atom. The zero-order valence-electron chi connectivity index (χ0n) is 24.1. The first-order chi connectivity index (χ1) is 20.2. The molecule has 10 nitrogen and oxygen atoms in total. The summed E-state index contributed by atoms with van der Waals surface area (Å²) in [4.78, 5) is 16.2. The Morgan fingerprint density at radius 3 is 2.48 bits per heavy atom. The highest BCUT2D eigenvalue weighted by Crippen LogP contribution is 2.34. The number of fused-ring (bicyclic) bond motifs is 1. The predicted molar refractivity (Wildman–Crippen MR) is 166 cm³/mol. The van der Waals surface area contributed by atoms with E-state index in [-0.39, 0.29) is 21.6 Å². The number of aromatic nitrogens is 3. The molecule has 0 aliphatic heterocycles. The van der Waals surface area contributed by atoms with Gasteiger partial charge >= 0.3 is 0 Å². The van der Waals surface area contributed by atoms with Crippen molar-refractivity contribution in [1.82, 2.24) is 19.9 Å². The van der Waals surface area contributed by atoms with Crippen molar-refractivity contribution in [2.24, 2.45) is 0 Å². The van der Waals surface area contributed by atoms with Gasteiger partial charge in [0.15, 0.2) is 0 Å². The maximum absolute atomic E-state index is 12.9. The van der Waals surface area contributed by atoms with Crippen molar-refractivity contribution in [2.45, 2.75) is 49.3 Å². The summed E-state index contributed by atoms with van der Waals surface area (Å²) < 4.78 is 39.4. The molecule has 222 valence electrons. The third-order valence-corrected chi connectivity index (χ3v) is 9.41. The summed E-state index contributed by atoms with van der Waals surface area (Å²) in [5.74, 6) is 0.965. The molecule has 1 aliphatic carbocycles. The molecule has 1 aliphatic rings. The molecule has 2 aromatic heterocycles. The molecule has 0 spiro atoms. The predicted octanol–water partition coefficient (Wildman–Crippen LogP) is 5.59. The topological polar surface area (TPSA) is 119 Å². The minimum Gasteiger partial charge on any atom is -0.480 e. The van der Waals surface area contributed by atoms with E-state index < -0.39 is 10.0 Å². The molecular weight excluding hydrogens is 576 g/mol. The van der Waals surface area contributed by atoms with Crippen LogP contribution in [0, 0.1) is 0 Å². The molecule has 0 atom stereocenters. The smallest absolute Gasteiger partial charge is 0.264 e. The Kier molecular flexibility index (Phi) is 9.12. The number of methoxy groups -OCH3 is 2. The Morgan fingerprint density at radius 2 is 1.79 bits per heavy atom. The SMILES string of the molecule is COCc1cc(-c2ccc(NS(=O)(=O)c3ccccc3Cl)nc2OC)cc2cnc(N[C@H]3CC[C@H](N(C)C)CC3)nc12. The van der Waals surface area contributed by atoms with E-state index in [2.05, 4.69) is 39.0 Å². The third kappa shape index (κ3) is 6.59. The van der Waals surface area contributed by atoms with Gasteiger partial charge in [0.25, 0.3) is 10.0 Å². The average Bonchev–Trinajstić information content (AvgIpc) is 2.97. The van der Waals surface area contributed by atoms with E-state index in [0.717, 1.165) is 47.7 Å². The lowest BCUT2D eigenvalue weighted by atomic mass is 9.90. The second-order valence-electron chi connectivity index (χ2n) is 10.6. The summed E-state index contributed by atoms with van der Waals surface area (Å²) >= 11 is 6.11. The highest BCUT2D eigenvalue weighted by molar-refractivity contribution is 7.92. The Labute approximate surface area is 251 Å². The highest BCUT2D eigenvalue weighted by Gasteiger charge is 2.23. The summed E-state index contributed by atoms with van der Waals surface area (Å²) in [6.45, 7) is 0.347. The normalized spacial score (nSPS) is 17.4. The first kappa shape index (κ1) is 30.0. The molecule has 1 fully saturated rings. The number of halogens is 1. The molecule has 0 bridgehead atoms. The number of anilines is 2. The minimum absolute atomic E-state index is 0.0367. The molecule has 0 amide bonds. The van der Waals surface area contributed by atoms with Crippen LogP contribution in [0.25, 0.3) is 22.0 Å². The Balaban J connectivity index is 1.42. The lowest BCUT2D eigenvalue weighted by molar-refractivity contribution is 0.186. The van der Waals surface area contributed by atoms with Crippen molar-refractivity contribution in [3.8, 4) is 17.0 Å². The molecule has 0 unspecified atom stereocenters. The van der Waals surface area contributed by atoms with Gasteiger partial charge in [-0.25, -0.2) is 18.4 Å². The van der Waals surface area contributed by atoms with Gasteiger partial charge in [-0.15, -0.1) is 0 Å². The van der Waals surface area contributed by atoms with Gasteiger partial charge in [0.1, 0.15) is 10.7 Å². The van der Waals surface area contributed by atoms with Gasteiger partial charge in [0.2, 0.25) is 11.8 Å². The van der Waals surface area contributed by atoms with Crippen LogP contribution in [0.4, 0.5) is 11.8 Å². The second-order valence-corrected chi connectivity index (χ2v) is 12.7. The summed E-state index contributed by atoms with van der Waals surface area (Å²) in [7, 11) is 3.46. The van der Waals surface area contributed by atoms with Gasteiger partial charge in [0.05, 0.1) is 24.3 Å². The van der Waals surface area contributed by atoms with Crippen LogP contribution < -0.4 is 14.8 Å². The molecule has 42 heavy (non-hydrogen) atoms. The van der Waals surface area contributed by atoms with Crippen LogP contribution in [0.3, 0.4) is 0 Å². The van der Waals surface area contributed by atoms with Gasteiger partial charge in [-0.05, 0) is 81.7 Å². The van der Waals surface area contributed by atoms with Crippen molar-refractivity contribution < 1.29 is 17.9 Å². The van der Waals surface area contributed by atoms with E-state index in [1.807, 2.05) is 18.3 Å². The number of benzene rings is 2. The molecule has 0 saturated heterocycles. The van der Waals surface area contributed by atoms with Gasteiger partial charge in [-0.3, -0.25) is 4.72 Å². The van der Waals surface area contributed by atoms with Crippen LogP contribution in [0.15, 0.2) is 59.6 Å². The quantitative estimate of drug-likeness (QED) is 0.237. The van der Waals surface area contributed by atoms with E-state index >= 15 is 0 Å². The summed E-state index contributed by atoms with van der Waals surface area (Å²) in [5.41, 5.74) is 3.18. The van der Waals surface area contributed by atoms with Crippen molar-refractivity contribution in [3.63, 3.8) is 0 Å². The van der Waals surface area contributed by atoms with E-state index in [1.54, 1.807) is 31.4 Å². The Hall–Kier alpha value is -3.51. The fourth-order valence-corrected chi connectivity index (χ4v) is 6.88. The van der Waals surface area contributed by atoms with Gasteiger partial charge in [-0.1, -0.05) is 23.7 Å². The number of sulfonamides is 1. The number of hydrogen-bond acceptors (Lipinski definition) is 9. The van der Waals surface area contributed by atoms with Crippen molar-refractivity contribution >= 4 is 44.3 Å². The lowest BCUT2D eigenvalue weighted by Gasteiger charge is -2.33. The van der Waals surface area contributed by atoms with Crippen LogP contribution in [-0.2, 0) is 21.4 Å². The van der Waals surface area contributed by atoms with Crippen LogP contribution in [0.1, 0.15) is 31.2 Å². The zero-order valence-corrected chi connectivity index (χ0v) is 25.7. The molecule has 2 aromatic carbocycles. The molecule has 2 heterocycles. The van der Waals surface area contributed by atoms with Crippen LogP contribution in [0.5, 0.6) is 5.88 Å². The van der Waals surface area contributed by atoms with Gasteiger partial charge in [-0.2, -0.15) is 4.98 Å². The van der Waals surface area contributed by atoms with E-state index in [0.29, 0.717) is 30.2 Å². The number of pyridine rings is 1. The van der Waals surface area contributed by atoms with E-state index in [4.69, 9.17) is 26.1 Å². The van der Waals surface area contributed by atoms with Gasteiger partial charge in [0, 0.05) is 41.9 Å². The maximum atomic E-state index is 12.9. The van der Waals surface area contributed by atoms with E-state index in [1.165, 1.54) is 19.2 Å². The van der Waals surface area contributed by atoms with Crippen molar-refractivity contribution in [2.75, 3.05) is 38.4 Å². The first-order valence-corrected chi connectivity index (χ1v) is 15.6. The Bertz CT molecular complexity index is 1680. The van der Waals surface area contributed by atoms with Crippen LogP contribution >= 0.6 is 11.6 Å².